The summed E-state index contributed by atoms with van der Waals surface area (Å²) in [6, 6.07) is 10.2. The van der Waals surface area contributed by atoms with E-state index in [0.717, 1.165) is 24.6 Å². The highest BCUT2D eigenvalue weighted by Crippen LogP contribution is 2.16. The molecule has 2 N–H and O–H groups in total. The molecule has 114 valence electrons. The minimum Gasteiger partial charge on any atom is -0.352 e. The molecule has 0 atom stereocenters. The van der Waals surface area contributed by atoms with E-state index in [1.807, 2.05) is 29.5 Å². The van der Waals surface area contributed by atoms with E-state index in [2.05, 4.69) is 39.7 Å². The Hall–Kier alpha value is -1.15. The van der Waals surface area contributed by atoms with Crippen molar-refractivity contribution in [2.24, 2.45) is 4.99 Å². The van der Waals surface area contributed by atoms with E-state index in [1.54, 1.807) is 13.2 Å². The quantitative estimate of drug-likeness (QED) is 0.447. The van der Waals surface area contributed by atoms with Crippen LogP contribution in [0.2, 0.25) is 0 Å². The first-order valence-corrected chi connectivity index (χ1v) is 7.55. The van der Waals surface area contributed by atoms with Gasteiger partial charge in [0, 0.05) is 23.0 Å². The molecule has 0 unspecified atom stereocenters. The summed E-state index contributed by atoms with van der Waals surface area (Å²) in [6.07, 6.45) is 2.89. The highest BCUT2D eigenvalue weighted by atomic mass is 127. The molecule has 21 heavy (non-hydrogen) atoms. The zero-order chi connectivity index (χ0) is 14.2. The van der Waals surface area contributed by atoms with Crippen molar-refractivity contribution in [1.82, 2.24) is 15.6 Å². The number of halogens is 1. The number of aromatic nitrogens is 1. The summed E-state index contributed by atoms with van der Waals surface area (Å²) >= 11 is 1.84. The minimum atomic E-state index is 0. The molecule has 0 saturated carbocycles. The molecule has 2 aromatic rings. The summed E-state index contributed by atoms with van der Waals surface area (Å²) in [5.74, 6) is 0.794. The average molecular weight is 416 g/mol. The number of aliphatic imine (C=N–C) groups is 1. The zero-order valence-corrected chi connectivity index (χ0v) is 15.4. The Bertz CT molecular complexity index is 554. The predicted octanol–water partition coefficient (Wildman–Crippen LogP) is 3.19. The largest absolute Gasteiger partial charge is 0.352 e. The van der Waals surface area contributed by atoms with Crippen LogP contribution in [0.25, 0.3) is 0 Å². The van der Waals surface area contributed by atoms with Crippen LogP contribution in [0.15, 0.2) is 41.5 Å². The third kappa shape index (κ3) is 6.01. The Labute approximate surface area is 147 Å². The van der Waals surface area contributed by atoms with Gasteiger partial charge in [-0.15, -0.1) is 35.3 Å². The highest BCUT2D eigenvalue weighted by Gasteiger charge is 2.01. The van der Waals surface area contributed by atoms with Crippen molar-refractivity contribution >= 4 is 41.3 Å². The standard InChI is InChI=1S/C15H20N4S.HI/c1-3-13-7-8-14(20-13)11-19-15(16-2)18-10-12-6-4-5-9-17-12;/h4-9H,3,10-11H2,1-2H3,(H2,16,18,19);1H. The second-order valence-corrected chi connectivity index (χ2v) is 5.57. The van der Waals surface area contributed by atoms with E-state index in [1.165, 1.54) is 9.75 Å². The Morgan fingerprint density at radius 3 is 2.52 bits per heavy atom. The lowest BCUT2D eigenvalue weighted by Crippen LogP contribution is -2.36. The summed E-state index contributed by atoms with van der Waals surface area (Å²) in [4.78, 5) is 11.2. The number of pyridine rings is 1. The fourth-order valence-corrected chi connectivity index (χ4v) is 2.67. The number of hydrogen-bond donors (Lipinski definition) is 2. The van der Waals surface area contributed by atoms with Gasteiger partial charge in [0.1, 0.15) is 0 Å². The number of nitrogens with one attached hydrogen (secondary N) is 2. The molecule has 0 fully saturated rings. The van der Waals surface area contributed by atoms with Crippen LogP contribution in [-0.4, -0.2) is 18.0 Å². The van der Waals surface area contributed by atoms with Gasteiger partial charge in [-0.05, 0) is 30.7 Å². The monoisotopic (exact) mass is 416 g/mol. The topological polar surface area (TPSA) is 49.3 Å². The van der Waals surface area contributed by atoms with Crippen molar-refractivity contribution in [3.05, 3.63) is 52.0 Å². The molecule has 2 heterocycles. The van der Waals surface area contributed by atoms with Gasteiger partial charge in [-0.25, -0.2) is 0 Å². The van der Waals surface area contributed by atoms with E-state index < -0.39 is 0 Å². The van der Waals surface area contributed by atoms with Crippen LogP contribution in [0.1, 0.15) is 22.4 Å². The van der Waals surface area contributed by atoms with Gasteiger partial charge >= 0.3 is 0 Å². The molecule has 0 aliphatic carbocycles. The molecule has 2 aromatic heterocycles. The van der Waals surface area contributed by atoms with Crippen molar-refractivity contribution in [3.63, 3.8) is 0 Å². The number of hydrogen-bond acceptors (Lipinski definition) is 3. The van der Waals surface area contributed by atoms with Crippen LogP contribution < -0.4 is 10.6 Å². The third-order valence-electron chi connectivity index (χ3n) is 2.88. The van der Waals surface area contributed by atoms with E-state index >= 15 is 0 Å². The zero-order valence-electron chi connectivity index (χ0n) is 12.3. The summed E-state index contributed by atoms with van der Waals surface area (Å²) in [5, 5.41) is 6.57. The Balaban J connectivity index is 0.00000220. The molecule has 0 aliphatic heterocycles. The van der Waals surface area contributed by atoms with Crippen molar-refractivity contribution in [1.29, 1.82) is 0 Å². The fourth-order valence-electron chi connectivity index (χ4n) is 1.78. The molecule has 0 radical (unpaired) electrons. The molecular weight excluding hydrogens is 395 g/mol. The maximum atomic E-state index is 4.27. The summed E-state index contributed by atoms with van der Waals surface area (Å²) < 4.78 is 0. The molecule has 0 saturated heterocycles. The molecule has 0 amide bonds. The third-order valence-corrected chi connectivity index (χ3v) is 4.11. The van der Waals surface area contributed by atoms with Gasteiger partial charge in [0.05, 0.1) is 18.8 Å². The van der Waals surface area contributed by atoms with E-state index in [0.29, 0.717) is 6.54 Å². The van der Waals surface area contributed by atoms with Crippen LogP contribution in [-0.2, 0) is 19.5 Å². The first kappa shape index (κ1) is 17.9. The van der Waals surface area contributed by atoms with Gasteiger partial charge in [0.15, 0.2) is 5.96 Å². The molecule has 0 aliphatic rings. The number of thiophene rings is 1. The number of rotatable bonds is 5. The van der Waals surface area contributed by atoms with Crippen molar-refractivity contribution in [3.8, 4) is 0 Å². The van der Waals surface area contributed by atoms with E-state index in [9.17, 15) is 0 Å². The molecular formula is C15H21IN4S. The van der Waals surface area contributed by atoms with Crippen LogP contribution in [0, 0.1) is 0 Å². The van der Waals surface area contributed by atoms with Crippen LogP contribution in [0.5, 0.6) is 0 Å². The van der Waals surface area contributed by atoms with Crippen molar-refractivity contribution in [2.45, 2.75) is 26.4 Å². The van der Waals surface area contributed by atoms with Gasteiger partial charge in [0.25, 0.3) is 0 Å². The SMILES string of the molecule is CCc1ccc(CNC(=NC)NCc2ccccn2)s1.I. The Kier molecular flexibility index (Phi) is 8.29. The lowest BCUT2D eigenvalue weighted by atomic mass is 10.3. The number of nitrogens with zero attached hydrogens (tertiary/aromatic N) is 2. The van der Waals surface area contributed by atoms with Crippen molar-refractivity contribution < 1.29 is 0 Å². The lowest BCUT2D eigenvalue weighted by Gasteiger charge is -2.10. The predicted molar refractivity (Wildman–Crippen MR) is 100 cm³/mol. The van der Waals surface area contributed by atoms with Gasteiger partial charge in [-0.2, -0.15) is 0 Å². The fraction of sp³-hybridized carbons (Fsp3) is 0.333. The summed E-state index contributed by atoms with van der Waals surface area (Å²) in [5.41, 5.74) is 1.000. The number of guanidine groups is 1. The first-order valence-electron chi connectivity index (χ1n) is 6.74. The highest BCUT2D eigenvalue weighted by molar-refractivity contribution is 14.0. The van der Waals surface area contributed by atoms with Crippen molar-refractivity contribution in [2.75, 3.05) is 7.05 Å². The normalized spacial score (nSPS) is 10.9. The smallest absolute Gasteiger partial charge is 0.191 e. The lowest BCUT2D eigenvalue weighted by molar-refractivity contribution is 0.799. The molecule has 0 bridgehead atoms. The number of aryl methyl sites for hydroxylation is 1. The van der Waals surface area contributed by atoms with Gasteiger partial charge in [-0.3, -0.25) is 9.98 Å². The average Bonchev–Trinajstić information content (AvgIpc) is 2.96. The maximum absolute atomic E-state index is 4.27. The molecule has 0 aromatic carbocycles. The molecule has 6 heteroatoms. The molecule has 2 rings (SSSR count). The molecule has 4 nitrogen and oxygen atoms in total. The minimum absolute atomic E-state index is 0. The van der Waals surface area contributed by atoms with Gasteiger partial charge in [0.2, 0.25) is 0 Å². The summed E-state index contributed by atoms with van der Waals surface area (Å²) in [7, 11) is 1.78. The van der Waals surface area contributed by atoms with E-state index in [-0.39, 0.29) is 24.0 Å². The van der Waals surface area contributed by atoms with Gasteiger partial charge in [-0.1, -0.05) is 13.0 Å². The second-order valence-electron chi connectivity index (χ2n) is 4.32. The molecule has 0 spiro atoms. The maximum Gasteiger partial charge on any atom is 0.191 e. The Morgan fingerprint density at radius 1 is 1.14 bits per heavy atom. The van der Waals surface area contributed by atoms with Gasteiger partial charge < -0.3 is 10.6 Å². The summed E-state index contributed by atoms with van der Waals surface area (Å²) in [6.45, 7) is 3.65. The first-order chi connectivity index (χ1) is 9.81. The Morgan fingerprint density at radius 2 is 1.90 bits per heavy atom. The second kappa shape index (κ2) is 9.73. The van der Waals surface area contributed by atoms with Crippen LogP contribution >= 0.6 is 35.3 Å². The van der Waals surface area contributed by atoms with Crippen LogP contribution in [0.3, 0.4) is 0 Å². The van der Waals surface area contributed by atoms with Crippen LogP contribution in [0.4, 0.5) is 0 Å². The van der Waals surface area contributed by atoms with E-state index in [4.69, 9.17) is 0 Å².